The van der Waals surface area contributed by atoms with Crippen LogP contribution in [-0.4, -0.2) is 45.3 Å². The molecule has 0 radical (unpaired) electrons. The first-order valence-electron chi connectivity index (χ1n) is 7.18. The van der Waals surface area contributed by atoms with Gasteiger partial charge in [0.2, 0.25) is 0 Å². The van der Waals surface area contributed by atoms with Crippen molar-refractivity contribution >= 4 is 27.5 Å². The van der Waals surface area contributed by atoms with E-state index in [-0.39, 0.29) is 0 Å². The van der Waals surface area contributed by atoms with E-state index >= 15 is 0 Å². The predicted octanol–water partition coefficient (Wildman–Crippen LogP) is 1.75. The van der Waals surface area contributed by atoms with Crippen LogP contribution in [0.25, 0.3) is 0 Å². The number of anilines is 1. The molecule has 0 aromatic heterocycles. The van der Waals surface area contributed by atoms with Gasteiger partial charge in [0.1, 0.15) is 0 Å². The maximum absolute atomic E-state index is 11.7. The molecular weight excluding hydrogens is 334 g/mol. The van der Waals surface area contributed by atoms with Gasteiger partial charge in [0.05, 0.1) is 17.9 Å². The predicted molar refractivity (Wildman–Crippen MR) is 87.8 cm³/mol. The zero-order valence-corrected chi connectivity index (χ0v) is 13.9. The molecular formula is C15H22BrN3O2. The van der Waals surface area contributed by atoms with E-state index in [2.05, 4.69) is 26.1 Å². The molecule has 1 amide bonds. The van der Waals surface area contributed by atoms with Crippen LogP contribution in [0.15, 0.2) is 22.7 Å². The number of ether oxygens (including phenoxy) is 1. The molecule has 0 spiro atoms. The van der Waals surface area contributed by atoms with Crippen LogP contribution >= 0.6 is 15.9 Å². The van der Waals surface area contributed by atoms with Crippen molar-refractivity contribution in [1.82, 2.24) is 5.32 Å². The molecule has 1 heterocycles. The van der Waals surface area contributed by atoms with E-state index in [1.165, 1.54) is 6.42 Å². The lowest BCUT2D eigenvalue weighted by Gasteiger charge is -2.29. The third kappa shape index (κ3) is 4.43. The van der Waals surface area contributed by atoms with Gasteiger partial charge in [-0.15, -0.1) is 0 Å². The second-order valence-corrected chi connectivity index (χ2v) is 6.17. The summed E-state index contributed by atoms with van der Waals surface area (Å²) in [6.07, 6.45) is 2.35. The van der Waals surface area contributed by atoms with Crippen LogP contribution in [-0.2, 0) is 4.74 Å². The number of nitrogens with two attached hydrogens (primary N) is 1. The van der Waals surface area contributed by atoms with Gasteiger partial charge in [0.25, 0.3) is 5.91 Å². The molecule has 1 aromatic carbocycles. The summed E-state index contributed by atoms with van der Waals surface area (Å²) in [5.74, 6) is -0.403. The minimum Gasteiger partial charge on any atom is -0.383 e. The summed E-state index contributed by atoms with van der Waals surface area (Å²) in [7, 11) is 1.68. The zero-order valence-electron chi connectivity index (χ0n) is 12.3. The van der Waals surface area contributed by atoms with Crippen LogP contribution in [0.2, 0.25) is 0 Å². The van der Waals surface area contributed by atoms with E-state index in [9.17, 15) is 4.79 Å². The normalized spacial score (nSPS) is 17.9. The largest absolute Gasteiger partial charge is 0.383 e. The Morgan fingerprint density at radius 3 is 3.00 bits per heavy atom. The molecule has 1 aliphatic heterocycles. The number of carbonyl (C=O) groups is 1. The Kier molecular flexibility index (Phi) is 6.02. The Morgan fingerprint density at radius 1 is 1.57 bits per heavy atom. The number of primary amides is 1. The van der Waals surface area contributed by atoms with Crippen molar-refractivity contribution in [2.45, 2.75) is 18.9 Å². The summed E-state index contributed by atoms with van der Waals surface area (Å²) >= 11 is 3.47. The molecule has 21 heavy (non-hydrogen) atoms. The topological polar surface area (TPSA) is 67.6 Å². The highest BCUT2D eigenvalue weighted by atomic mass is 79.9. The lowest BCUT2D eigenvalue weighted by molar-refractivity contribution is 0.100. The first kappa shape index (κ1) is 16.3. The standard InChI is InChI=1S/C15H22BrN3O2/c1-21-8-7-19(10-12-3-2-6-18-12)14-9-11(16)4-5-13(14)15(17)20/h4-5,9,12,18H,2-3,6-8,10H2,1H3,(H2,17,20). The quantitative estimate of drug-likeness (QED) is 0.781. The SMILES string of the molecule is COCCN(CC1CCCN1)c1cc(Br)ccc1C(N)=O. The van der Waals surface area contributed by atoms with E-state index in [0.29, 0.717) is 18.2 Å². The van der Waals surface area contributed by atoms with E-state index in [4.69, 9.17) is 10.5 Å². The van der Waals surface area contributed by atoms with E-state index in [1.54, 1.807) is 13.2 Å². The number of benzene rings is 1. The Hall–Kier alpha value is -1.11. The average molecular weight is 356 g/mol. The summed E-state index contributed by atoms with van der Waals surface area (Å²) in [5, 5.41) is 3.49. The van der Waals surface area contributed by atoms with Crippen molar-refractivity contribution in [3.8, 4) is 0 Å². The smallest absolute Gasteiger partial charge is 0.250 e. The highest BCUT2D eigenvalue weighted by Gasteiger charge is 2.21. The molecule has 1 aromatic rings. The Morgan fingerprint density at radius 2 is 2.38 bits per heavy atom. The van der Waals surface area contributed by atoms with Gasteiger partial charge in [-0.1, -0.05) is 15.9 Å². The van der Waals surface area contributed by atoms with Gasteiger partial charge < -0.3 is 20.7 Å². The highest BCUT2D eigenvalue weighted by molar-refractivity contribution is 9.10. The monoisotopic (exact) mass is 355 g/mol. The molecule has 3 N–H and O–H groups in total. The van der Waals surface area contributed by atoms with Crippen LogP contribution < -0.4 is 16.0 Å². The number of carbonyl (C=O) groups excluding carboxylic acids is 1. The Bertz CT molecular complexity index is 490. The lowest BCUT2D eigenvalue weighted by atomic mass is 10.1. The minimum absolute atomic E-state index is 0.403. The van der Waals surface area contributed by atoms with Gasteiger partial charge in [-0.05, 0) is 37.6 Å². The molecule has 0 bridgehead atoms. The van der Waals surface area contributed by atoms with Gasteiger partial charge in [-0.2, -0.15) is 0 Å². The molecule has 0 saturated carbocycles. The molecule has 1 unspecified atom stereocenters. The van der Waals surface area contributed by atoms with Crippen molar-refractivity contribution in [2.75, 3.05) is 38.3 Å². The molecule has 116 valence electrons. The van der Waals surface area contributed by atoms with Crippen molar-refractivity contribution in [3.05, 3.63) is 28.2 Å². The molecule has 2 rings (SSSR count). The number of amides is 1. The minimum atomic E-state index is -0.403. The first-order chi connectivity index (χ1) is 10.1. The number of hydrogen-bond acceptors (Lipinski definition) is 4. The molecule has 1 atom stereocenters. The first-order valence-corrected chi connectivity index (χ1v) is 7.97. The van der Waals surface area contributed by atoms with Gasteiger partial charge >= 0.3 is 0 Å². The summed E-state index contributed by atoms with van der Waals surface area (Å²) in [6, 6.07) is 6.00. The zero-order chi connectivity index (χ0) is 15.2. The maximum Gasteiger partial charge on any atom is 0.250 e. The van der Waals surface area contributed by atoms with Crippen molar-refractivity contribution in [2.24, 2.45) is 5.73 Å². The second kappa shape index (κ2) is 7.77. The molecule has 0 aliphatic carbocycles. The van der Waals surface area contributed by atoms with Gasteiger partial charge in [0, 0.05) is 30.7 Å². The average Bonchev–Trinajstić information content (AvgIpc) is 2.96. The number of rotatable bonds is 7. The van der Waals surface area contributed by atoms with Crippen LogP contribution in [0.5, 0.6) is 0 Å². The molecule has 1 saturated heterocycles. The number of nitrogens with one attached hydrogen (secondary N) is 1. The van der Waals surface area contributed by atoms with Crippen molar-refractivity contribution in [1.29, 1.82) is 0 Å². The molecule has 5 nitrogen and oxygen atoms in total. The maximum atomic E-state index is 11.7. The summed E-state index contributed by atoms with van der Waals surface area (Å²) < 4.78 is 6.13. The molecule has 1 fully saturated rings. The Labute approximate surface area is 134 Å². The third-order valence-corrected chi connectivity index (χ3v) is 4.23. The molecule has 1 aliphatic rings. The van der Waals surface area contributed by atoms with Crippen molar-refractivity contribution < 1.29 is 9.53 Å². The third-order valence-electron chi connectivity index (χ3n) is 3.73. The van der Waals surface area contributed by atoms with Gasteiger partial charge in [-0.3, -0.25) is 4.79 Å². The number of methoxy groups -OCH3 is 1. The molecule has 6 heteroatoms. The lowest BCUT2D eigenvalue weighted by Crippen LogP contribution is -2.40. The van der Waals surface area contributed by atoms with Gasteiger partial charge in [-0.25, -0.2) is 0 Å². The van der Waals surface area contributed by atoms with Crippen molar-refractivity contribution in [3.63, 3.8) is 0 Å². The van der Waals surface area contributed by atoms with E-state index in [1.807, 2.05) is 12.1 Å². The fraction of sp³-hybridized carbons (Fsp3) is 0.533. The fourth-order valence-electron chi connectivity index (χ4n) is 2.66. The summed E-state index contributed by atoms with van der Waals surface area (Å²) in [4.78, 5) is 13.9. The second-order valence-electron chi connectivity index (χ2n) is 5.26. The summed E-state index contributed by atoms with van der Waals surface area (Å²) in [6.45, 7) is 3.24. The van der Waals surface area contributed by atoms with Crippen LogP contribution in [0.4, 0.5) is 5.69 Å². The van der Waals surface area contributed by atoms with E-state index < -0.39 is 5.91 Å². The number of hydrogen-bond donors (Lipinski definition) is 2. The van der Waals surface area contributed by atoms with E-state index in [0.717, 1.165) is 36.2 Å². The highest BCUT2D eigenvalue weighted by Crippen LogP contribution is 2.26. The van der Waals surface area contributed by atoms with Crippen LogP contribution in [0.3, 0.4) is 0 Å². The summed E-state index contributed by atoms with van der Waals surface area (Å²) in [5.41, 5.74) is 6.92. The number of halogens is 1. The number of nitrogens with zero attached hydrogens (tertiary/aromatic N) is 1. The van der Waals surface area contributed by atoms with Crippen LogP contribution in [0, 0.1) is 0 Å². The van der Waals surface area contributed by atoms with Crippen LogP contribution in [0.1, 0.15) is 23.2 Å². The van der Waals surface area contributed by atoms with Gasteiger partial charge in [0.15, 0.2) is 0 Å². The Balaban J connectivity index is 2.25. The fourth-order valence-corrected chi connectivity index (χ4v) is 3.01.